The van der Waals surface area contributed by atoms with Gasteiger partial charge in [0.15, 0.2) is 11.7 Å². The average Bonchev–Trinajstić information content (AvgIpc) is 2.69. The molecule has 0 saturated heterocycles. The van der Waals surface area contributed by atoms with Gasteiger partial charge in [0.2, 0.25) is 0 Å². The molecule has 0 spiro atoms. The number of anilines is 1. The smallest absolute Gasteiger partial charge is 0.255 e. The van der Waals surface area contributed by atoms with Gasteiger partial charge in [0.05, 0.1) is 5.02 Å². The summed E-state index contributed by atoms with van der Waals surface area (Å²) in [7, 11) is 0. The number of carbonyl (C=O) groups excluding carboxylic acids is 1. The highest BCUT2D eigenvalue weighted by Gasteiger charge is 2.12. The van der Waals surface area contributed by atoms with Crippen LogP contribution in [0.25, 0.3) is 5.70 Å². The second-order valence-electron chi connectivity index (χ2n) is 7.04. The van der Waals surface area contributed by atoms with Crippen LogP contribution in [0.3, 0.4) is 0 Å². The van der Waals surface area contributed by atoms with Gasteiger partial charge in [0.1, 0.15) is 0 Å². The number of aryl methyl sites for hydroxylation is 2. The zero-order valence-electron chi connectivity index (χ0n) is 17.9. The molecule has 2 rings (SSSR count). The molecule has 0 bridgehead atoms. The second-order valence-corrected chi connectivity index (χ2v) is 7.45. The Bertz CT molecular complexity index is 1080. The van der Waals surface area contributed by atoms with E-state index in [1.807, 2.05) is 26.0 Å². The molecule has 2 N–H and O–H groups in total. The summed E-state index contributed by atoms with van der Waals surface area (Å²) in [4.78, 5) is 12.6. The van der Waals surface area contributed by atoms with E-state index in [2.05, 4.69) is 17.2 Å². The van der Waals surface area contributed by atoms with Gasteiger partial charge >= 0.3 is 0 Å². The van der Waals surface area contributed by atoms with Crippen molar-refractivity contribution in [2.24, 2.45) is 0 Å². The van der Waals surface area contributed by atoms with Gasteiger partial charge in [-0.05, 0) is 69.2 Å². The monoisotopic (exact) mass is 442 g/mol. The molecule has 0 unspecified atom stereocenters. The molecule has 0 aliphatic carbocycles. The van der Waals surface area contributed by atoms with E-state index in [0.717, 1.165) is 28.8 Å². The maximum Gasteiger partial charge on any atom is 0.255 e. The molecule has 0 saturated carbocycles. The van der Waals surface area contributed by atoms with Crippen molar-refractivity contribution < 1.29 is 13.6 Å². The highest BCUT2D eigenvalue weighted by atomic mass is 35.5. The van der Waals surface area contributed by atoms with Gasteiger partial charge in [0, 0.05) is 28.2 Å². The maximum absolute atomic E-state index is 13.8. The second kappa shape index (κ2) is 10.7. The molecule has 0 radical (unpaired) electrons. The third-order valence-electron chi connectivity index (χ3n) is 4.50. The van der Waals surface area contributed by atoms with Crippen molar-refractivity contribution in [2.75, 3.05) is 5.32 Å². The number of hydrogen-bond donors (Lipinski definition) is 2. The number of nitrogens with one attached hydrogen (secondary N) is 2. The minimum atomic E-state index is -1.06. The number of rotatable bonds is 7. The van der Waals surface area contributed by atoms with E-state index in [1.54, 1.807) is 31.2 Å². The summed E-state index contributed by atoms with van der Waals surface area (Å²) >= 11 is 6.32. The highest BCUT2D eigenvalue weighted by Crippen LogP contribution is 2.29. The molecule has 0 aliphatic rings. The van der Waals surface area contributed by atoms with Crippen LogP contribution in [0.4, 0.5) is 14.5 Å². The Kier molecular flexibility index (Phi) is 8.34. The van der Waals surface area contributed by atoms with Crippen LogP contribution in [0.15, 0.2) is 78.6 Å². The third-order valence-corrected chi connectivity index (χ3v) is 4.82. The minimum Gasteiger partial charge on any atom is -0.355 e. The normalized spacial score (nSPS) is 12.5. The van der Waals surface area contributed by atoms with Gasteiger partial charge in [-0.25, -0.2) is 8.78 Å². The van der Waals surface area contributed by atoms with Crippen molar-refractivity contribution in [1.82, 2.24) is 5.32 Å². The summed E-state index contributed by atoms with van der Waals surface area (Å²) in [6, 6.07) is 10.7. The van der Waals surface area contributed by atoms with E-state index in [0.29, 0.717) is 22.0 Å². The first-order valence-corrected chi connectivity index (χ1v) is 10.0. The molecule has 3 nitrogen and oxygen atoms in total. The molecule has 31 heavy (non-hydrogen) atoms. The minimum absolute atomic E-state index is 0.174. The lowest BCUT2D eigenvalue weighted by Gasteiger charge is -2.16. The highest BCUT2D eigenvalue weighted by molar-refractivity contribution is 6.32. The lowest BCUT2D eigenvalue weighted by atomic mass is 10.0. The number of hydrogen-bond acceptors (Lipinski definition) is 2. The van der Waals surface area contributed by atoms with Crippen LogP contribution >= 0.6 is 11.6 Å². The Morgan fingerprint density at radius 1 is 1.10 bits per heavy atom. The topological polar surface area (TPSA) is 41.1 Å². The summed E-state index contributed by atoms with van der Waals surface area (Å²) in [5.41, 5.74) is 4.48. The van der Waals surface area contributed by atoms with Gasteiger partial charge in [-0.1, -0.05) is 42.5 Å². The Morgan fingerprint density at radius 2 is 1.81 bits per heavy atom. The van der Waals surface area contributed by atoms with Crippen LogP contribution in [0.1, 0.15) is 40.9 Å². The lowest BCUT2D eigenvalue weighted by Crippen LogP contribution is -2.21. The van der Waals surface area contributed by atoms with Gasteiger partial charge in [-0.3, -0.25) is 4.79 Å². The molecule has 0 atom stereocenters. The first kappa shape index (κ1) is 24.1. The zero-order valence-corrected chi connectivity index (χ0v) is 18.7. The summed E-state index contributed by atoms with van der Waals surface area (Å²) < 4.78 is 27.2. The van der Waals surface area contributed by atoms with Crippen LogP contribution < -0.4 is 10.6 Å². The standard InChI is InChI=1S/C25H25ClF2N2O/c1-6-8-21(27)22(28)13-17(4)29-25(31)19-12-11-15(2)23(14-19)30-18(5)24-16(3)9-7-10-20(24)26/h6-14,30H,5H2,1-4H3,(H,29,31)/b8-6-,17-13+,22-21-. The third kappa shape index (κ3) is 6.40. The van der Waals surface area contributed by atoms with Gasteiger partial charge in [-0.2, -0.15) is 0 Å². The van der Waals surface area contributed by atoms with Crippen molar-refractivity contribution in [2.45, 2.75) is 27.7 Å². The molecule has 0 aromatic heterocycles. The lowest BCUT2D eigenvalue weighted by molar-refractivity contribution is 0.0966. The van der Waals surface area contributed by atoms with E-state index in [1.165, 1.54) is 13.0 Å². The number of halogens is 3. The van der Waals surface area contributed by atoms with Crippen molar-refractivity contribution in [3.05, 3.63) is 106 Å². The zero-order chi connectivity index (χ0) is 23.1. The Balaban J connectivity index is 2.23. The maximum atomic E-state index is 13.8. The number of benzene rings is 2. The first-order chi connectivity index (χ1) is 14.6. The fraction of sp³-hybridized carbons (Fsp3) is 0.160. The summed E-state index contributed by atoms with van der Waals surface area (Å²) in [6.07, 6.45) is 3.32. The van der Waals surface area contributed by atoms with Crippen LogP contribution in [-0.4, -0.2) is 5.91 Å². The SMILES string of the molecule is C=C(Nc1cc(C(=O)N/C(C)=C/C(F)=C(F)\C=C/C)ccc1C)c1c(C)cccc1Cl. The van der Waals surface area contributed by atoms with Crippen molar-refractivity contribution in [1.29, 1.82) is 0 Å². The van der Waals surface area contributed by atoms with Gasteiger partial charge in [-0.15, -0.1) is 0 Å². The first-order valence-electron chi connectivity index (χ1n) is 9.63. The molecule has 0 aliphatic heterocycles. The van der Waals surface area contributed by atoms with E-state index in [9.17, 15) is 13.6 Å². The summed E-state index contributed by atoms with van der Waals surface area (Å²) in [6.45, 7) is 11.0. The van der Waals surface area contributed by atoms with E-state index in [-0.39, 0.29) is 5.70 Å². The molecular formula is C25H25ClF2N2O. The van der Waals surface area contributed by atoms with Crippen LogP contribution in [0, 0.1) is 13.8 Å². The molecular weight excluding hydrogens is 418 g/mol. The van der Waals surface area contributed by atoms with Crippen molar-refractivity contribution in [3.8, 4) is 0 Å². The van der Waals surface area contributed by atoms with E-state index in [4.69, 9.17) is 11.6 Å². The largest absolute Gasteiger partial charge is 0.355 e. The molecule has 2 aromatic rings. The molecule has 1 amide bonds. The predicted molar refractivity (Wildman–Crippen MR) is 125 cm³/mol. The Morgan fingerprint density at radius 3 is 2.45 bits per heavy atom. The van der Waals surface area contributed by atoms with Crippen molar-refractivity contribution in [3.63, 3.8) is 0 Å². The molecule has 0 heterocycles. The summed E-state index contributed by atoms with van der Waals surface area (Å²) in [5, 5.41) is 6.35. The molecule has 0 fully saturated rings. The molecule has 2 aromatic carbocycles. The fourth-order valence-electron chi connectivity index (χ4n) is 2.91. The summed E-state index contributed by atoms with van der Waals surface area (Å²) in [5.74, 6) is -2.52. The van der Waals surface area contributed by atoms with E-state index < -0.39 is 17.6 Å². The molecule has 162 valence electrons. The number of amides is 1. The van der Waals surface area contributed by atoms with Gasteiger partial charge in [0.25, 0.3) is 5.91 Å². The number of allylic oxidation sites excluding steroid dienone is 6. The quantitative estimate of drug-likeness (QED) is 0.438. The Hall–Kier alpha value is -3.18. The van der Waals surface area contributed by atoms with E-state index >= 15 is 0 Å². The average molecular weight is 443 g/mol. The van der Waals surface area contributed by atoms with Crippen LogP contribution in [-0.2, 0) is 0 Å². The fourth-order valence-corrected chi connectivity index (χ4v) is 3.25. The molecule has 6 heteroatoms. The van der Waals surface area contributed by atoms with Crippen molar-refractivity contribution >= 4 is 28.9 Å². The number of carbonyl (C=O) groups is 1. The van der Waals surface area contributed by atoms with Gasteiger partial charge < -0.3 is 10.6 Å². The predicted octanol–water partition coefficient (Wildman–Crippen LogP) is 7.40. The van der Waals surface area contributed by atoms with Crippen LogP contribution in [0.2, 0.25) is 5.02 Å². The Labute approximate surface area is 186 Å². The van der Waals surface area contributed by atoms with Crippen LogP contribution in [0.5, 0.6) is 0 Å².